The summed E-state index contributed by atoms with van der Waals surface area (Å²) in [6.07, 6.45) is -0.604. The first-order chi connectivity index (χ1) is 13.8. The average Bonchev–Trinajstić information content (AvgIpc) is 3.05. The number of amides is 1. The second-order valence-corrected chi connectivity index (χ2v) is 6.45. The number of hydrogen-bond acceptors (Lipinski definition) is 4. The summed E-state index contributed by atoms with van der Waals surface area (Å²) in [6.45, 7) is 0. The van der Waals surface area contributed by atoms with E-state index in [1.807, 2.05) is 0 Å². The van der Waals surface area contributed by atoms with Crippen LogP contribution in [0.1, 0.15) is 28.5 Å². The molecule has 1 amide bonds. The van der Waals surface area contributed by atoms with E-state index in [2.05, 4.69) is 10.4 Å². The van der Waals surface area contributed by atoms with Crippen molar-refractivity contribution in [3.63, 3.8) is 0 Å². The van der Waals surface area contributed by atoms with Crippen LogP contribution in [0.15, 0.2) is 48.5 Å². The Bertz CT molecular complexity index is 1070. The van der Waals surface area contributed by atoms with E-state index in [4.69, 9.17) is 16.7 Å². The zero-order valence-electron chi connectivity index (χ0n) is 14.6. The molecule has 1 unspecified atom stereocenters. The third-order valence-corrected chi connectivity index (χ3v) is 4.33. The van der Waals surface area contributed by atoms with Gasteiger partial charge in [-0.1, -0.05) is 23.7 Å². The minimum atomic E-state index is -1.27. The molecule has 0 saturated heterocycles. The van der Waals surface area contributed by atoms with Crippen molar-refractivity contribution in [3.05, 3.63) is 76.4 Å². The Morgan fingerprint density at radius 2 is 1.86 bits per heavy atom. The number of carbonyl (C=O) groups excluding carboxylic acids is 1. The molecule has 0 saturated carbocycles. The van der Waals surface area contributed by atoms with E-state index < -0.39 is 41.9 Å². The third-order valence-electron chi connectivity index (χ3n) is 4.04. The van der Waals surface area contributed by atoms with Crippen LogP contribution in [0, 0.1) is 11.6 Å². The van der Waals surface area contributed by atoms with Crippen molar-refractivity contribution in [2.45, 2.75) is 12.5 Å². The number of benzene rings is 2. The summed E-state index contributed by atoms with van der Waals surface area (Å²) in [6, 6.07) is 8.85. The maximum atomic E-state index is 14.3. The zero-order valence-corrected chi connectivity index (χ0v) is 15.4. The first-order valence-corrected chi connectivity index (χ1v) is 8.65. The Morgan fingerprint density at radius 3 is 2.52 bits per heavy atom. The van der Waals surface area contributed by atoms with Crippen LogP contribution in [0.25, 0.3) is 5.69 Å². The number of carboxylic acid groups (broad SMARTS) is 1. The Hall–Kier alpha value is -3.46. The van der Waals surface area contributed by atoms with Crippen molar-refractivity contribution < 1.29 is 28.6 Å². The monoisotopic (exact) mass is 421 g/mol. The molecule has 0 aliphatic rings. The topological polar surface area (TPSA) is 104 Å². The number of aliphatic carboxylic acids is 1. The predicted molar refractivity (Wildman–Crippen MR) is 99.1 cm³/mol. The molecule has 2 aromatic carbocycles. The van der Waals surface area contributed by atoms with E-state index in [-0.39, 0.29) is 16.3 Å². The van der Waals surface area contributed by atoms with E-state index in [0.717, 1.165) is 22.9 Å². The fourth-order valence-corrected chi connectivity index (χ4v) is 2.87. The van der Waals surface area contributed by atoms with Gasteiger partial charge in [0.15, 0.2) is 5.69 Å². The van der Waals surface area contributed by atoms with Gasteiger partial charge in [0.2, 0.25) is 5.88 Å². The molecule has 0 aliphatic heterocycles. The van der Waals surface area contributed by atoms with Crippen molar-refractivity contribution in [3.8, 4) is 11.6 Å². The van der Waals surface area contributed by atoms with Crippen LogP contribution >= 0.6 is 11.6 Å². The van der Waals surface area contributed by atoms with Crippen LogP contribution in [0.2, 0.25) is 5.02 Å². The van der Waals surface area contributed by atoms with Crippen molar-refractivity contribution in [2.75, 3.05) is 0 Å². The van der Waals surface area contributed by atoms with Crippen LogP contribution in [0.4, 0.5) is 8.78 Å². The normalized spacial score (nSPS) is 11.8. The molecule has 1 aromatic heterocycles. The Labute approximate surface area is 168 Å². The number of halogens is 3. The summed E-state index contributed by atoms with van der Waals surface area (Å²) in [4.78, 5) is 23.7. The maximum absolute atomic E-state index is 14.3. The number of aromatic nitrogens is 2. The van der Waals surface area contributed by atoms with Gasteiger partial charge in [0.05, 0.1) is 23.2 Å². The van der Waals surface area contributed by atoms with Crippen LogP contribution in [0.3, 0.4) is 0 Å². The number of carboxylic acids is 1. The molecule has 1 atom stereocenters. The lowest BCUT2D eigenvalue weighted by atomic mass is 10.0. The lowest BCUT2D eigenvalue weighted by Crippen LogP contribution is -2.31. The van der Waals surface area contributed by atoms with Gasteiger partial charge < -0.3 is 15.5 Å². The molecule has 3 N–H and O–H groups in total. The highest BCUT2D eigenvalue weighted by Gasteiger charge is 2.24. The standard InChI is InChI=1S/C19H14ClF2N3O4/c20-13-3-1-2-12(18(13)22)14(9-17(27)28)23-19(29)15-8-16(26)25(24-15)11-6-4-10(21)5-7-11/h1-8,14,26H,9H2,(H,23,29)(H,27,28). The van der Waals surface area contributed by atoms with E-state index >= 15 is 0 Å². The Kier molecular flexibility index (Phi) is 5.79. The molecule has 150 valence electrons. The van der Waals surface area contributed by atoms with Gasteiger partial charge in [-0.25, -0.2) is 13.5 Å². The molecular weight excluding hydrogens is 408 g/mol. The van der Waals surface area contributed by atoms with E-state index in [1.165, 1.54) is 30.3 Å². The lowest BCUT2D eigenvalue weighted by Gasteiger charge is -2.18. The average molecular weight is 422 g/mol. The second kappa shape index (κ2) is 8.27. The minimum absolute atomic E-state index is 0.101. The number of rotatable bonds is 6. The van der Waals surface area contributed by atoms with Gasteiger partial charge in [0.25, 0.3) is 5.91 Å². The van der Waals surface area contributed by atoms with Gasteiger partial charge in [0, 0.05) is 11.6 Å². The highest BCUT2D eigenvalue weighted by molar-refractivity contribution is 6.30. The van der Waals surface area contributed by atoms with Crippen molar-refractivity contribution in [1.82, 2.24) is 15.1 Å². The van der Waals surface area contributed by atoms with Crippen molar-refractivity contribution in [1.29, 1.82) is 0 Å². The number of aromatic hydroxyl groups is 1. The lowest BCUT2D eigenvalue weighted by molar-refractivity contribution is -0.137. The van der Waals surface area contributed by atoms with E-state index in [0.29, 0.717) is 5.69 Å². The number of carbonyl (C=O) groups is 2. The third kappa shape index (κ3) is 4.52. The fourth-order valence-electron chi connectivity index (χ4n) is 2.69. The van der Waals surface area contributed by atoms with Gasteiger partial charge in [-0.3, -0.25) is 9.59 Å². The smallest absolute Gasteiger partial charge is 0.305 e. The van der Waals surface area contributed by atoms with E-state index in [9.17, 15) is 23.5 Å². The first-order valence-electron chi connectivity index (χ1n) is 8.28. The van der Waals surface area contributed by atoms with Crippen LogP contribution in [-0.4, -0.2) is 31.9 Å². The highest BCUT2D eigenvalue weighted by atomic mass is 35.5. The Morgan fingerprint density at radius 1 is 1.17 bits per heavy atom. The van der Waals surface area contributed by atoms with Gasteiger partial charge in [-0.15, -0.1) is 0 Å². The summed E-state index contributed by atoms with van der Waals surface area (Å²) in [7, 11) is 0. The predicted octanol–water partition coefficient (Wildman–Crippen LogP) is 3.46. The Balaban J connectivity index is 1.88. The summed E-state index contributed by atoms with van der Waals surface area (Å²) in [5.74, 6) is -3.84. The second-order valence-electron chi connectivity index (χ2n) is 6.04. The summed E-state index contributed by atoms with van der Waals surface area (Å²) in [5, 5.41) is 25.3. The van der Waals surface area contributed by atoms with Crippen molar-refractivity contribution in [2.24, 2.45) is 0 Å². The molecule has 29 heavy (non-hydrogen) atoms. The largest absolute Gasteiger partial charge is 0.493 e. The van der Waals surface area contributed by atoms with Gasteiger partial charge >= 0.3 is 5.97 Å². The molecule has 0 radical (unpaired) electrons. The molecule has 3 aromatic rings. The summed E-state index contributed by atoms with van der Waals surface area (Å²) in [5.41, 5.74) is -0.0500. The maximum Gasteiger partial charge on any atom is 0.305 e. The SMILES string of the molecule is O=C(O)CC(NC(=O)c1cc(O)n(-c2ccc(F)cc2)n1)c1cccc(Cl)c1F. The summed E-state index contributed by atoms with van der Waals surface area (Å²) >= 11 is 5.74. The van der Waals surface area contributed by atoms with Crippen molar-refractivity contribution >= 4 is 23.5 Å². The molecule has 1 heterocycles. The number of hydrogen-bond donors (Lipinski definition) is 3. The fraction of sp³-hybridized carbons (Fsp3) is 0.105. The van der Waals surface area contributed by atoms with Gasteiger partial charge in [0.1, 0.15) is 11.6 Å². The van der Waals surface area contributed by atoms with Crippen LogP contribution in [0.5, 0.6) is 5.88 Å². The molecule has 0 fully saturated rings. The van der Waals surface area contributed by atoms with Crippen LogP contribution in [-0.2, 0) is 4.79 Å². The molecule has 0 aliphatic carbocycles. The minimum Gasteiger partial charge on any atom is -0.493 e. The van der Waals surface area contributed by atoms with Gasteiger partial charge in [-0.2, -0.15) is 5.10 Å². The zero-order chi connectivity index (χ0) is 21.1. The first kappa shape index (κ1) is 20.3. The molecule has 3 rings (SSSR count). The number of nitrogens with one attached hydrogen (secondary N) is 1. The van der Waals surface area contributed by atoms with E-state index in [1.54, 1.807) is 0 Å². The molecule has 0 bridgehead atoms. The van der Waals surface area contributed by atoms with Crippen LogP contribution < -0.4 is 5.32 Å². The molecular formula is C19H14ClF2N3O4. The molecule has 7 nitrogen and oxygen atoms in total. The number of nitrogens with zero attached hydrogens (tertiary/aromatic N) is 2. The highest BCUT2D eigenvalue weighted by Crippen LogP contribution is 2.26. The molecule has 0 spiro atoms. The quantitative estimate of drug-likeness (QED) is 0.565. The van der Waals surface area contributed by atoms with Gasteiger partial charge in [-0.05, 0) is 30.3 Å². The molecule has 10 heteroatoms. The summed E-state index contributed by atoms with van der Waals surface area (Å²) < 4.78 is 28.4.